The van der Waals surface area contributed by atoms with Crippen LogP contribution in [0.15, 0.2) is 0 Å². The average molecular weight is 126 g/mol. The van der Waals surface area contributed by atoms with Gasteiger partial charge in [-0.1, -0.05) is 6.42 Å². The maximum absolute atomic E-state index is 4.74. The Labute approximate surface area is 88.2 Å². The summed E-state index contributed by atoms with van der Waals surface area (Å²) < 4.78 is 4.74. The van der Waals surface area contributed by atoms with E-state index in [0.717, 1.165) is 19.4 Å². The van der Waals surface area contributed by atoms with Gasteiger partial charge in [0.05, 0.1) is 0 Å². The van der Waals surface area contributed by atoms with Gasteiger partial charge in [0.2, 0.25) is 0 Å². The van der Waals surface area contributed by atoms with Crippen LogP contribution in [0.2, 0.25) is 0 Å². The zero-order valence-electron chi connectivity index (χ0n) is 5.24. The van der Waals surface area contributed by atoms with Crippen molar-refractivity contribution in [3.05, 3.63) is 6.92 Å². The van der Waals surface area contributed by atoms with Gasteiger partial charge in [0.25, 0.3) is 0 Å². The molecule has 2 heteroatoms. The Hall–Kier alpha value is 1.60. The van der Waals surface area contributed by atoms with Gasteiger partial charge >= 0.3 is 51.4 Å². The molecule has 0 aliphatic rings. The zero-order chi connectivity index (χ0) is 4.83. The minimum absolute atomic E-state index is 0. The minimum Gasteiger partial charge on any atom is -0.385 e. The van der Waals surface area contributed by atoms with Gasteiger partial charge in [0, 0.05) is 13.7 Å². The molecule has 0 spiro atoms. The summed E-state index contributed by atoms with van der Waals surface area (Å²) >= 11 is 0. The van der Waals surface area contributed by atoms with Crippen molar-refractivity contribution in [3.8, 4) is 0 Å². The molecule has 7 heavy (non-hydrogen) atoms. The predicted molar refractivity (Wildman–Crippen MR) is 26.5 cm³/mol. The summed E-state index contributed by atoms with van der Waals surface area (Å²) in [5, 5.41) is 0. The van der Waals surface area contributed by atoms with Crippen molar-refractivity contribution in [3.63, 3.8) is 0 Å². The molecule has 0 amide bonds. The molecule has 0 aliphatic heterocycles. The Bertz CT molecular complexity index is 20.0. The van der Waals surface area contributed by atoms with Crippen molar-refractivity contribution in [2.45, 2.75) is 12.8 Å². The molecule has 0 aromatic heterocycles. The molecule has 0 fully saturated rings. The van der Waals surface area contributed by atoms with Gasteiger partial charge in [-0.15, -0.1) is 0 Å². The SMILES string of the molecule is [CH2-]CCCOC.[K+]. The Balaban J connectivity index is 0. The molecular weight excluding hydrogens is 115 g/mol. The van der Waals surface area contributed by atoms with Gasteiger partial charge in [-0.2, -0.15) is 6.42 Å². The van der Waals surface area contributed by atoms with E-state index >= 15 is 0 Å². The fourth-order valence-corrected chi connectivity index (χ4v) is 0.246. The van der Waals surface area contributed by atoms with Crippen molar-refractivity contribution < 1.29 is 56.1 Å². The van der Waals surface area contributed by atoms with Crippen molar-refractivity contribution in [2.75, 3.05) is 13.7 Å². The summed E-state index contributed by atoms with van der Waals surface area (Å²) in [6, 6.07) is 0. The third kappa shape index (κ3) is 11.3. The molecule has 0 rings (SSSR count). The summed E-state index contributed by atoms with van der Waals surface area (Å²) in [7, 11) is 1.70. The zero-order valence-corrected chi connectivity index (χ0v) is 8.36. The standard InChI is InChI=1S/C5H11O.K/c1-3-4-5-6-2;/h1,3-5H2,2H3;/q-1;+1. The van der Waals surface area contributed by atoms with E-state index in [0.29, 0.717) is 0 Å². The van der Waals surface area contributed by atoms with E-state index in [9.17, 15) is 0 Å². The Morgan fingerprint density at radius 2 is 2.14 bits per heavy atom. The van der Waals surface area contributed by atoms with Crippen LogP contribution in [0.4, 0.5) is 0 Å². The Kier molecular flexibility index (Phi) is 17.2. The van der Waals surface area contributed by atoms with Crippen LogP contribution < -0.4 is 51.4 Å². The van der Waals surface area contributed by atoms with Crippen LogP contribution in [0, 0.1) is 6.92 Å². The molecule has 0 radical (unpaired) electrons. The monoisotopic (exact) mass is 126 g/mol. The maximum Gasteiger partial charge on any atom is 1.00 e. The van der Waals surface area contributed by atoms with Crippen molar-refractivity contribution in [1.29, 1.82) is 0 Å². The molecule has 0 saturated carbocycles. The van der Waals surface area contributed by atoms with Crippen LogP contribution in [0.25, 0.3) is 0 Å². The summed E-state index contributed by atoms with van der Waals surface area (Å²) in [6.07, 6.45) is 2.06. The normalized spacial score (nSPS) is 7.71. The number of hydrogen-bond acceptors (Lipinski definition) is 1. The van der Waals surface area contributed by atoms with Crippen molar-refractivity contribution in [1.82, 2.24) is 0 Å². The Morgan fingerprint density at radius 3 is 2.29 bits per heavy atom. The third-order valence-electron chi connectivity index (χ3n) is 0.598. The molecule has 0 saturated heterocycles. The third-order valence-corrected chi connectivity index (χ3v) is 0.598. The van der Waals surface area contributed by atoms with E-state index in [-0.39, 0.29) is 51.4 Å². The summed E-state index contributed by atoms with van der Waals surface area (Å²) in [5.41, 5.74) is 0. The van der Waals surface area contributed by atoms with Crippen molar-refractivity contribution >= 4 is 0 Å². The van der Waals surface area contributed by atoms with Crippen LogP contribution in [0.5, 0.6) is 0 Å². The summed E-state index contributed by atoms with van der Waals surface area (Å²) in [4.78, 5) is 0. The molecule has 0 bridgehead atoms. The fourth-order valence-electron chi connectivity index (χ4n) is 0.246. The molecule has 38 valence electrons. The second-order valence-corrected chi connectivity index (χ2v) is 1.20. The maximum atomic E-state index is 4.74. The molecule has 0 aromatic rings. The van der Waals surface area contributed by atoms with Crippen molar-refractivity contribution in [2.24, 2.45) is 0 Å². The molecule has 0 N–H and O–H groups in total. The topological polar surface area (TPSA) is 9.23 Å². The predicted octanol–water partition coefficient (Wildman–Crippen LogP) is -1.75. The summed E-state index contributed by atoms with van der Waals surface area (Å²) in [6.45, 7) is 4.49. The first-order valence-electron chi connectivity index (χ1n) is 2.20. The van der Waals surface area contributed by atoms with Gasteiger partial charge in [-0.25, -0.2) is 0 Å². The number of rotatable bonds is 3. The first kappa shape index (κ1) is 11.4. The van der Waals surface area contributed by atoms with Gasteiger partial charge in [-0.05, 0) is 0 Å². The van der Waals surface area contributed by atoms with Gasteiger partial charge in [0.15, 0.2) is 0 Å². The largest absolute Gasteiger partial charge is 1.00 e. The second-order valence-electron chi connectivity index (χ2n) is 1.20. The number of unbranched alkanes of at least 4 members (excludes halogenated alkanes) is 1. The van der Waals surface area contributed by atoms with Crippen LogP contribution in [0.1, 0.15) is 12.8 Å². The number of methoxy groups -OCH3 is 1. The quantitative estimate of drug-likeness (QED) is 0.248. The fraction of sp³-hybridized carbons (Fsp3) is 0.800. The minimum atomic E-state index is 0. The smallest absolute Gasteiger partial charge is 0.385 e. The first-order chi connectivity index (χ1) is 2.91. The van der Waals surface area contributed by atoms with E-state index in [1.54, 1.807) is 7.11 Å². The second kappa shape index (κ2) is 10.6. The molecule has 0 heterocycles. The van der Waals surface area contributed by atoms with E-state index < -0.39 is 0 Å². The van der Waals surface area contributed by atoms with E-state index in [1.807, 2.05) is 0 Å². The van der Waals surface area contributed by atoms with E-state index in [2.05, 4.69) is 6.92 Å². The van der Waals surface area contributed by atoms with Crippen LogP contribution >= 0.6 is 0 Å². The summed E-state index contributed by atoms with van der Waals surface area (Å²) in [5.74, 6) is 0. The molecule has 0 atom stereocenters. The molecule has 0 aromatic carbocycles. The van der Waals surface area contributed by atoms with E-state index in [1.165, 1.54) is 0 Å². The number of ether oxygens (including phenoxy) is 1. The number of hydrogen-bond donors (Lipinski definition) is 0. The van der Waals surface area contributed by atoms with Crippen LogP contribution in [-0.2, 0) is 4.74 Å². The van der Waals surface area contributed by atoms with Crippen LogP contribution in [-0.4, -0.2) is 13.7 Å². The first-order valence-corrected chi connectivity index (χ1v) is 2.20. The van der Waals surface area contributed by atoms with Gasteiger partial charge in [-0.3, -0.25) is 0 Å². The van der Waals surface area contributed by atoms with E-state index in [4.69, 9.17) is 4.74 Å². The van der Waals surface area contributed by atoms with Gasteiger partial charge < -0.3 is 11.7 Å². The molecule has 0 aliphatic carbocycles. The van der Waals surface area contributed by atoms with Crippen LogP contribution in [0.3, 0.4) is 0 Å². The molecule has 0 unspecified atom stereocenters. The van der Waals surface area contributed by atoms with Gasteiger partial charge in [0.1, 0.15) is 0 Å². The Morgan fingerprint density at radius 1 is 1.57 bits per heavy atom. The molecule has 1 nitrogen and oxygen atoms in total. The molecular formula is C5H11KO. The average Bonchev–Trinajstić information content (AvgIpc) is 1.61.